The number of hydrogen-bond acceptors (Lipinski definition) is 4. The number of urea groups is 1. The van der Waals surface area contributed by atoms with Gasteiger partial charge in [0.2, 0.25) is 5.91 Å². The highest BCUT2D eigenvalue weighted by Gasteiger charge is 2.42. The van der Waals surface area contributed by atoms with E-state index in [9.17, 15) is 9.59 Å². The van der Waals surface area contributed by atoms with Crippen LogP contribution < -0.4 is 15.4 Å². The summed E-state index contributed by atoms with van der Waals surface area (Å²) in [5.41, 5.74) is 2.25. The van der Waals surface area contributed by atoms with E-state index in [1.165, 1.54) is 0 Å². The highest BCUT2D eigenvalue weighted by Crippen LogP contribution is 2.33. The Bertz CT molecular complexity index is 971. The van der Waals surface area contributed by atoms with Crippen molar-refractivity contribution in [2.24, 2.45) is 0 Å². The molecule has 0 aliphatic carbocycles. The highest BCUT2D eigenvalue weighted by molar-refractivity contribution is 8.00. The molecule has 2 saturated heterocycles. The molecule has 1 unspecified atom stereocenters. The summed E-state index contributed by atoms with van der Waals surface area (Å²) >= 11 is 1.93. The number of fused-ring (bicyclic) bond motifs is 1. The molecule has 3 amide bonds. The van der Waals surface area contributed by atoms with Gasteiger partial charge < -0.3 is 20.3 Å². The van der Waals surface area contributed by atoms with Crippen molar-refractivity contribution in [1.29, 1.82) is 0 Å². The van der Waals surface area contributed by atoms with Gasteiger partial charge in [-0.2, -0.15) is 11.8 Å². The SMILES string of the molecule is COc1ccccc1CC(C)N(Cc1ccccc1)C(=O)CCCC[C@@H]1SC[C@@H]2NC(=O)N[C@@H]21. The third-order valence-electron chi connectivity index (χ3n) is 6.82. The molecule has 2 heterocycles. The molecule has 0 saturated carbocycles. The van der Waals surface area contributed by atoms with Crippen LogP contribution in [0.4, 0.5) is 4.79 Å². The number of amides is 3. The van der Waals surface area contributed by atoms with Crippen molar-refractivity contribution < 1.29 is 14.3 Å². The Hall–Kier alpha value is -2.67. The number of thioether (sulfide) groups is 1. The van der Waals surface area contributed by atoms with Gasteiger partial charge in [0, 0.05) is 30.0 Å². The maximum absolute atomic E-state index is 13.4. The van der Waals surface area contributed by atoms with Gasteiger partial charge in [-0.3, -0.25) is 4.79 Å². The molecule has 2 aliphatic heterocycles. The average molecular weight is 482 g/mol. The fourth-order valence-corrected chi connectivity index (χ4v) is 6.52. The van der Waals surface area contributed by atoms with Crippen LogP contribution >= 0.6 is 11.8 Å². The highest BCUT2D eigenvalue weighted by atomic mass is 32.2. The quantitative estimate of drug-likeness (QED) is 0.369. The molecule has 6 nitrogen and oxygen atoms in total. The molecule has 4 rings (SSSR count). The van der Waals surface area contributed by atoms with Crippen molar-refractivity contribution in [3.05, 3.63) is 65.7 Å². The summed E-state index contributed by atoms with van der Waals surface area (Å²) in [5, 5.41) is 6.48. The van der Waals surface area contributed by atoms with Crippen LogP contribution in [0.3, 0.4) is 0 Å². The number of unbranched alkanes of at least 4 members (excludes halogenated alkanes) is 1. The second kappa shape index (κ2) is 11.6. The zero-order valence-corrected chi connectivity index (χ0v) is 20.9. The molecule has 34 heavy (non-hydrogen) atoms. The molecule has 4 atom stereocenters. The first kappa shape index (κ1) is 24.5. The smallest absolute Gasteiger partial charge is 0.315 e. The number of ether oxygens (including phenoxy) is 1. The van der Waals surface area contributed by atoms with E-state index in [0.29, 0.717) is 18.2 Å². The van der Waals surface area contributed by atoms with Gasteiger partial charge in [-0.25, -0.2) is 4.79 Å². The lowest BCUT2D eigenvalue weighted by Gasteiger charge is -2.30. The summed E-state index contributed by atoms with van der Waals surface area (Å²) in [5.74, 6) is 2.03. The summed E-state index contributed by atoms with van der Waals surface area (Å²) in [4.78, 5) is 27.0. The molecule has 0 radical (unpaired) electrons. The fourth-order valence-electron chi connectivity index (χ4n) is 4.98. The molecule has 2 N–H and O–H groups in total. The standard InChI is InChI=1S/C27H35N3O3S/c1-19(16-21-12-6-7-13-23(21)33-2)30(17-20-10-4-3-5-11-20)25(31)15-9-8-14-24-26-22(18-34-24)28-27(32)29-26/h3-7,10-13,19,22,24,26H,8-9,14-18H2,1-2H3,(H2,28,29,32)/t19?,22-,24-,26-/m0/s1. The van der Waals surface area contributed by atoms with Crippen LogP contribution in [0.25, 0.3) is 0 Å². The number of para-hydroxylation sites is 1. The lowest BCUT2D eigenvalue weighted by Crippen LogP contribution is -2.39. The third kappa shape index (κ3) is 6.06. The summed E-state index contributed by atoms with van der Waals surface area (Å²) in [6.07, 6.45) is 4.16. The average Bonchev–Trinajstić information content (AvgIpc) is 3.40. The lowest BCUT2D eigenvalue weighted by molar-refractivity contribution is -0.134. The number of carbonyl (C=O) groups is 2. The van der Waals surface area contributed by atoms with E-state index in [1.54, 1.807) is 7.11 Å². The topological polar surface area (TPSA) is 70.7 Å². The molecular formula is C27H35N3O3S. The van der Waals surface area contributed by atoms with Crippen molar-refractivity contribution >= 4 is 23.7 Å². The van der Waals surface area contributed by atoms with E-state index in [4.69, 9.17) is 4.74 Å². The summed E-state index contributed by atoms with van der Waals surface area (Å²) in [7, 11) is 1.69. The summed E-state index contributed by atoms with van der Waals surface area (Å²) < 4.78 is 5.53. The van der Waals surface area contributed by atoms with E-state index in [-0.39, 0.29) is 30.1 Å². The molecule has 0 bridgehead atoms. The first-order valence-corrected chi connectivity index (χ1v) is 13.2. The van der Waals surface area contributed by atoms with Gasteiger partial charge >= 0.3 is 6.03 Å². The summed E-state index contributed by atoms with van der Waals surface area (Å²) in [6, 6.07) is 18.7. The van der Waals surface area contributed by atoms with E-state index < -0.39 is 0 Å². The molecule has 2 aliphatic rings. The molecule has 182 valence electrons. The third-order valence-corrected chi connectivity index (χ3v) is 8.33. The second-order valence-corrected chi connectivity index (χ2v) is 10.5. The lowest BCUT2D eigenvalue weighted by atomic mass is 10.0. The van der Waals surface area contributed by atoms with Crippen molar-refractivity contribution in [1.82, 2.24) is 15.5 Å². The predicted molar refractivity (Wildman–Crippen MR) is 137 cm³/mol. The van der Waals surface area contributed by atoms with Gasteiger partial charge in [0.25, 0.3) is 0 Å². The largest absolute Gasteiger partial charge is 0.496 e. The number of carbonyl (C=O) groups excluding carboxylic acids is 2. The Morgan fingerprint density at radius 3 is 2.68 bits per heavy atom. The molecule has 2 fully saturated rings. The molecule has 2 aromatic carbocycles. The van der Waals surface area contributed by atoms with E-state index in [1.807, 2.05) is 53.1 Å². The van der Waals surface area contributed by atoms with Gasteiger partial charge in [-0.1, -0.05) is 55.0 Å². The van der Waals surface area contributed by atoms with Crippen LogP contribution in [-0.2, 0) is 17.8 Å². The zero-order chi connectivity index (χ0) is 23.9. The molecular weight excluding hydrogens is 446 g/mol. The fraction of sp³-hybridized carbons (Fsp3) is 0.481. The first-order valence-electron chi connectivity index (χ1n) is 12.2. The Balaban J connectivity index is 1.34. The van der Waals surface area contributed by atoms with Crippen molar-refractivity contribution in [2.45, 2.75) is 68.9 Å². The number of nitrogens with zero attached hydrogens (tertiary/aromatic N) is 1. The molecule has 7 heteroatoms. The van der Waals surface area contributed by atoms with Crippen LogP contribution in [0.1, 0.15) is 43.7 Å². The number of nitrogens with one attached hydrogen (secondary N) is 2. The Kier molecular flexibility index (Phi) is 8.38. The van der Waals surface area contributed by atoms with Gasteiger partial charge in [-0.05, 0) is 43.4 Å². The van der Waals surface area contributed by atoms with Crippen LogP contribution in [0.5, 0.6) is 5.75 Å². The first-order chi connectivity index (χ1) is 16.5. The van der Waals surface area contributed by atoms with Crippen LogP contribution in [0.2, 0.25) is 0 Å². The minimum absolute atomic E-state index is 0.0453. The van der Waals surface area contributed by atoms with Gasteiger partial charge in [-0.15, -0.1) is 0 Å². The monoisotopic (exact) mass is 481 g/mol. The van der Waals surface area contributed by atoms with Crippen molar-refractivity contribution in [3.8, 4) is 5.75 Å². The number of hydrogen-bond donors (Lipinski definition) is 2. The molecule has 2 aromatic rings. The number of rotatable bonds is 11. The Labute approximate surface area is 206 Å². The van der Waals surface area contributed by atoms with Crippen LogP contribution in [0, 0.1) is 0 Å². The maximum atomic E-state index is 13.4. The minimum atomic E-state index is -0.0453. The summed E-state index contributed by atoms with van der Waals surface area (Å²) in [6.45, 7) is 2.73. The van der Waals surface area contributed by atoms with E-state index >= 15 is 0 Å². The normalized spacial score (nSPS) is 21.9. The minimum Gasteiger partial charge on any atom is -0.496 e. The molecule has 0 aromatic heterocycles. The van der Waals surface area contributed by atoms with Crippen LogP contribution in [0.15, 0.2) is 54.6 Å². The van der Waals surface area contributed by atoms with Gasteiger partial charge in [0.15, 0.2) is 0 Å². The number of benzene rings is 2. The zero-order valence-electron chi connectivity index (χ0n) is 20.0. The molecule has 0 spiro atoms. The van der Waals surface area contributed by atoms with Crippen molar-refractivity contribution in [2.75, 3.05) is 12.9 Å². The maximum Gasteiger partial charge on any atom is 0.315 e. The van der Waals surface area contributed by atoms with E-state index in [0.717, 1.165) is 48.3 Å². The Morgan fingerprint density at radius 2 is 1.88 bits per heavy atom. The number of methoxy groups -OCH3 is 1. The van der Waals surface area contributed by atoms with Gasteiger partial charge in [0.1, 0.15) is 5.75 Å². The van der Waals surface area contributed by atoms with E-state index in [2.05, 4.69) is 35.8 Å². The van der Waals surface area contributed by atoms with Gasteiger partial charge in [0.05, 0.1) is 19.2 Å². The van der Waals surface area contributed by atoms with Crippen molar-refractivity contribution in [3.63, 3.8) is 0 Å². The second-order valence-electron chi connectivity index (χ2n) is 9.24. The Morgan fingerprint density at radius 1 is 1.12 bits per heavy atom. The van der Waals surface area contributed by atoms with Crippen LogP contribution in [-0.4, -0.2) is 53.1 Å². The predicted octanol–water partition coefficient (Wildman–Crippen LogP) is 4.38.